The van der Waals surface area contributed by atoms with Crippen molar-refractivity contribution in [2.75, 3.05) is 0 Å². The van der Waals surface area contributed by atoms with Crippen LogP contribution in [0, 0.1) is 0 Å². The Kier molecular flexibility index (Phi) is 21.0. The van der Waals surface area contributed by atoms with Gasteiger partial charge in [0.15, 0.2) is 0 Å². The van der Waals surface area contributed by atoms with E-state index < -0.39 is 8.69 Å². The van der Waals surface area contributed by atoms with Crippen molar-refractivity contribution < 1.29 is 26.5 Å². The van der Waals surface area contributed by atoms with Gasteiger partial charge in [0.2, 0.25) is 0 Å². The molecule has 4 heteroatoms. The molecule has 0 rings (SSSR count). The van der Waals surface area contributed by atoms with Gasteiger partial charge in [-0.05, 0) is 4.57 Å². The summed E-state index contributed by atoms with van der Waals surface area (Å²) in [6.45, 7) is 0. The van der Waals surface area contributed by atoms with E-state index in [1.807, 2.05) is 0 Å². The molecule has 1 N–H and O–H groups in total. The van der Waals surface area contributed by atoms with Crippen molar-refractivity contribution in [3.63, 3.8) is 0 Å². The minimum atomic E-state index is -1.17. The van der Waals surface area contributed by atoms with E-state index >= 15 is 0 Å². The van der Waals surface area contributed by atoms with Crippen molar-refractivity contribution in [2.24, 2.45) is 0 Å². The topological polar surface area (TPSA) is 37.3 Å². The summed E-state index contributed by atoms with van der Waals surface area (Å²) < 4.78 is 8.51. The van der Waals surface area contributed by atoms with Crippen LogP contribution < -0.4 is 0 Å². The van der Waals surface area contributed by atoms with E-state index in [1.165, 1.54) is 0 Å². The minimum absolute atomic E-state index is 0. The third kappa shape index (κ3) is 19.2. The number of hydrogen-bond acceptors (Lipinski definition) is 1. The zero-order valence-corrected chi connectivity index (χ0v) is 3.91. The van der Waals surface area contributed by atoms with Gasteiger partial charge >= 0.3 is 8.69 Å². The van der Waals surface area contributed by atoms with Gasteiger partial charge in [0.1, 0.15) is 0 Å². The van der Waals surface area contributed by atoms with Crippen LogP contribution >= 0.6 is 8.69 Å². The molecule has 0 saturated carbocycles. The second-order valence-corrected chi connectivity index (χ2v) is 0.274. The molecule has 25 valence electrons. The Hall–Kier alpha value is 0.579. The van der Waals surface area contributed by atoms with Crippen molar-refractivity contribution in [3.05, 3.63) is 0 Å². The van der Waals surface area contributed by atoms with Crippen LogP contribution in [0.1, 0.15) is 0 Å². The summed E-state index contributed by atoms with van der Waals surface area (Å²) >= 11 is 0. The summed E-state index contributed by atoms with van der Waals surface area (Å²) in [5, 5.41) is 0. The predicted octanol–water partition coefficient (Wildman–Crippen LogP) is -0.0848. The van der Waals surface area contributed by atoms with Gasteiger partial charge in [-0.2, -0.15) is 4.89 Å². The van der Waals surface area contributed by atoms with E-state index in [0.717, 1.165) is 0 Å². The molecule has 0 aromatic carbocycles. The van der Waals surface area contributed by atoms with Crippen LogP contribution in [-0.2, 0) is 21.6 Å². The monoisotopic (exact) mass is 120 g/mol. The van der Waals surface area contributed by atoms with Crippen molar-refractivity contribution >= 4 is 8.69 Å². The molecule has 1 atom stereocenters. The molecule has 0 amide bonds. The van der Waals surface area contributed by atoms with Crippen LogP contribution in [-0.4, -0.2) is 4.89 Å². The minimum Gasteiger partial charge on any atom is -0.162 e. The second-order valence-electron chi connectivity index (χ2n) is 0.0913. The zero-order chi connectivity index (χ0) is 2.71. The Labute approximate surface area is 36.0 Å². The van der Waals surface area contributed by atoms with Crippen LogP contribution in [0.25, 0.3) is 0 Å². The molecule has 0 aromatic heterocycles. The first-order valence-electron chi connectivity index (χ1n) is 0.428. The molecular formula is H2MnO2P+. The van der Waals surface area contributed by atoms with Gasteiger partial charge in [0.25, 0.3) is 0 Å². The average molecular weight is 120 g/mol. The Balaban J connectivity index is 0. The van der Waals surface area contributed by atoms with Crippen molar-refractivity contribution in [1.29, 1.82) is 0 Å². The fourth-order valence-electron chi connectivity index (χ4n) is 0. The van der Waals surface area contributed by atoms with Crippen LogP contribution in [0.5, 0.6) is 0 Å². The fourth-order valence-corrected chi connectivity index (χ4v) is 0. The Morgan fingerprint density at radius 3 is 1.75 bits per heavy atom. The fraction of sp³-hybridized carbons (Fsp3) is 0. The van der Waals surface area contributed by atoms with Crippen molar-refractivity contribution in [1.82, 2.24) is 0 Å². The van der Waals surface area contributed by atoms with Crippen LogP contribution in [0.2, 0.25) is 0 Å². The normalized spacial score (nSPS) is 5.25. The maximum atomic E-state index is 8.51. The molecule has 0 aliphatic rings. The van der Waals surface area contributed by atoms with E-state index in [0.29, 0.717) is 0 Å². The van der Waals surface area contributed by atoms with Gasteiger partial charge in [0, 0.05) is 17.1 Å². The van der Waals surface area contributed by atoms with E-state index in [-0.39, 0.29) is 17.1 Å². The SMILES string of the molecule is O=[PH+]O.[Mn]. The summed E-state index contributed by atoms with van der Waals surface area (Å²) in [5.41, 5.74) is 0. The first-order valence-corrected chi connectivity index (χ1v) is 1.28. The van der Waals surface area contributed by atoms with Gasteiger partial charge in [-0.25, -0.2) is 0 Å². The summed E-state index contributed by atoms with van der Waals surface area (Å²) in [4.78, 5) is 7.04. The first kappa shape index (κ1) is 8.82. The molecule has 0 fully saturated rings. The van der Waals surface area contributed by atoms with E-state index in [4.69, 9.17) is 9.46 Å². The standard InChI is InChI=1S/Mn.HO2P/c;1-3-2/h;3H/p+1. The van der Waals surface area contributed by atoms with Gasteiger partial charge in [-0.3, -0.25) is 0 Å². The molecule has 0 aliphatic carbocycles. The van der Waals surface area contributed by atoms with Crippen LogP contribution in [0.15, 0.2) is 0 Å². The first-order chi connectivity index (χ1) is 1.41. The summed E-state index contributed by atoms with van der Waals surface area (Å²) in [5.74, 6) is 0. The largest absolute Gasteiger partial charge is 0.491 e. The van der Waals surface area contributed by atoms with Gasteiger partial charge in [-0.1, -0.05) is 0 Å². The Morgan fingerprint density at radius 1 is 1.75 bits per heavy atom. The average Bonchev–Trinajstić information content (AvgIpc) is 0.918. The molecule has 0 spiro atoms. The summed E-state index contributed by atoms with van der Waals surface area (Å²) in [6, 6.07) is 0. The van der Waals surface area contributed by atoms with E-state index in [2.05, 4.69) is 0 Å². The molecule has 1 unspecified atom stereocenters. The Morgan fingerprint density at radius 2 is 1.75 bits per heavy atom. The maximum absolute atomic E-state index is 8.51. The molecular weight excluding hydrogens is 118 g/mol. The zero-order valence-electron chi connectivity index (χ0n) is 1.73. The molecule has 0 bridgehead atoms. The molecule has 2 nitrogen and oxygen atoms in total. The number of hydrogen-bond donors (Lipinski definition) is 1. The summed E-state index contributed by atoms with van der Waals surface area (Å²) in [6.07, 6.45) is 0. The predicted molar refractivity (Wildman–Crippen MR) is 11.2 cm³/mol. The number of rotatable bonds is 0. The van der Waals surface area contributed by atoms with E-state index in [1.54, 1.807) is 0 Å². The van der Waals surface area contributed by atoms with Gasteiger partial charge in [-0.15, -0.1) is 0 Å². The van der Waals surface area contributed by atoms with Gasteiger partial charge < -0.3 is 0 Å². The molecule has 0 saturated heterocycles. The molecule has 1 radical (unpaired) electrons. The van der Waals surface area contributed by atoms with Crippen molar-refractivity contribution in [2.45, 2.75) is 0 Å². The quantitative estimate of drug-likeness (QED) is 0.358. The summed E-state index contributed by atoms with van der Waals surface area (Å²) in [7, 11) is -1.17. The van der Waals surface area contributed by atoms with E-state index in [9.17, 15) is 0 Å². The third-order valence-electron chi connectivity index (χ3n) is 0. The molecule has 0 heterocycles. The second kappa shape index (κ2) is 9.55. The van der Waals surface area contributed by atoms with Gasteiger partial charge in [0.05, 0.1) is 0 Å². The molecule has 4 heavy (non-hydrogen) atoms. The third-order valence-corrected chi connectivity index (χ3v) is 0. The van der Waals surface area contributed by atoms with Crippen LogP contribution in [0.4, 0.5) is 0 Å². The maximum Gasteiger partial charge on any atom is 0.491 e. The Bertz CT molecular complexity index is 13.5. The van der Waals surface area contributed by atoms with Crippen LogP contribution in [0.3, 0.4) is 0 Å². The smallest absolute Gasteiger partial charge is 0.162 e. The molecule has 0 aromatic rings. The molecule has 0 aliphatic heterocycles. The van der Waals surface area contributed by atoms with Crippen molar-refractivity contribution in [3.8, 4) is 0 Å².